The molecule has 0 spiro atoms. The third kappa shape index (κ3) is 3.25. The van der Waals surface area contributed by atoms with E-state index >= 15 is 0 Å². The molecule has 4 heteroatoms. The minimum atomic E-state index is 0.665. The van der Waals surface area contributed by atoms with E-state index in [1.165, 1.54) is 5.56 Å². The Morgan fingerprint density at radius 2 is 2.00 bits per heavy atom. The smallest absolute Gasteiger partial charge is 0.122 e. The molecule has 0 fully saturated rings. The van der Waals surface area contributed by atoms with Gasteiger partial charge in [-0.25, -0.2) is 4.98 Å². The fraction of sp³-hybridized carbons (Fsp3) is 0.278. The quantitative estimate of drug-likeness (QED) is 0.684. The Hall–Kier alpha value is -2.00. The third-order valence-electron chi connectivity index (χ3n) is 3.72. The predicted molar refractivity (Wildman–Crippen MR) is 90.8 cm³/mol. The van der Waals surface area contributed by atoms with Gasteiger partial charge in [-0.3, -0.25) is 0 Å². The van der Waals surface area contributed by atoms with Crippen molar-refractivity contribution in [3.8, 4) is 5.75 Å². The molecule has 0 saturated carbocycles. The first-order chi connectivity index (χ1) is 10.6. The summed E-state index contributed by atoms with van der Waals surface area (Å²) in [6.45, 7) is 4.75. The number of aromatic amines is 1. The van der Waals surface area contributed by atoms with Crippen LogP contribution in [0.4, 0.5) is 0 Å². The molecule has 3 rings (SSSR count). The van der Waals surface area contributed by atoms with Crippen LogP contribution in [0.3, 0.4) is 0 Å². The summed E-state index contributed by atoms with van der Waals surface area (Å²) in [4.78, 5) is 8.03. The number of halogens is 1. The van der Waals surface area contributed by atoms with Crippen LogP contribution in [0.2, 0.25) is 5.02 Å². The second-order valence-corrected chi connectivity index (χ2v) is 5.95. The molecule has 0 atom stereocenters. The molecule has 0 aliphatic heterocycles. The van der Waals surface area contributed by atoms with E-state index in [9.17, 15) is 0 Å². The Morgan fingerprint density at radius 3 is 2.77 bits per heavy atom. The fourth-order valence-corrected chi connectivity index (χ4v) is 2.77. The van der Waals surface area contributed by atoms with Gasteiger partial charge in [0.1, 0.15) is 11.6 Å². The molecule has 22 heavy (non-hydrogen) atoms. The van der Waals surface area contributed by atoms with Crippen LogP contribution in [-0.2, 0) is 6.42 Å². The number of hydrogen-bond donors (Lipinski definition) is 1. The van der Waals surface area contributed by atoms with Crippen molar-refractivity contribution in [2.24, 2.45) is 0 Å². The first-order valence-corrected chi connectivity index (χ1v) is 7.84. The van der Waals surface area contributed by atoms with E-state index in [1.807, 2.05) is 31.2 Å². The molecule has 0 aliphatic carbocycles. The number of hydrogen-bond acceptors (Lipinski definition) is 2. The Kier molecular flexibility index (Phi) is 4.34. The maximum Gasteiger partial charge on any atom is 0.122 e. The van der Waals surface area contributed by atoms with Crippen molar-refractivity contribution in [1.82, 2.24) is 9.97 Å². The van der Waals surface area contributed by atoms with Crippen LogP contribution in [0, 0.1) is 13.8 Å². The zero-order chi connectivity index (χ0) is 15.5. The van der Waals surface area contributed by atoms with Crippen LogP contribution < -0.4 is 4.74 Å². The molecule has 114 valence electrons. The lowest BCUT2D eigenvalue weighted by molar-refractivity contribution is 0.308. The van der Waals surface area contributed by atoms with Gasteiger partial charge in [0.25, 0.3) is 0 Å². The van der Waals surface area contributed by atoms with Gasteiger partial charge < -0.3 is 9.72 Å². The van der Waals surface area contributed by atoms with Gasteiger partial charge >= 0.3 is 0 Å². The molecule has 0 aliphatic rings. The maximum absolute atomic E-state index is 5.94. The summed E-state index contributed by atoms with van der Waals surface area (Å²) in [6.07, 6.45) is 1.79. The third-order valence-corrected chi connectivity index (χ3v) is 3.95. The highest BCUT2D eigenvalue weighted by Crippen LogP contribution is 2.22. The van der Waals surface area contributed by atoms with Crippen LogP contribution >= 0.6 is 11.6 Å². The molecule has 0 unspecified atom stereocenters. The van der Waals surface area contributed by atoms with Gasteiger partial charge in [0, 0.05) is 11.4 Å². The number of fused-ring (bicyclic) bond motifs is 1. The van der Waals surface area contributed by atoms with Crippen molar-refractivity contribution < 1.29 is 4.74 Å². The van der Waals surface area contributed by atoms with E-state index in [0.29, 0.717) is 6.61 Å². The summed E-state index contributed by atoms with van der Waals surface area (Å²) in [5.74, 6) is 1.91. The Labute approximate surface area is 135 Å². The second-order valence-electron chi connectivity index (χ2n) is 5.52. The van der Waals surface area contributed by atoms with Crippen molar-refractivity contribution in [2.45, 2.75) is 26.7 Å². The highest BCUT2D eigenvalue weighted by molar-refractivity contribution is 6.30. The molecule has 0 amide bonds. The van der Waals surface area contributed by atoms with Gasteiger partial charge in [-0.1, -0.05) is 23.7 Å². The molecule has 1 N–H and O–H groups in total. The molecule has 2 aromatic carbocycles. The number of aromatic nitrogens is 2. The normalized spacial score (nSPS) is 11.0. The SMILES string of the molecule is Cc1cc(Cl)ccc1OCCCc1nc2c(C)cccc2[nH]1. The molecule has 0 bridgehead atoms. The van der Waals surface area contributed by atoms with Crippen molar-refractivity contribution in [3.05, 3.63) is 58.4 Å². The summed E-state index contributed by atoms with van der Waals surface area (Å²) in [5, 5.41) is 0.738. The van der Waals surface area contributed by atoms with Crippen molar-refractivity contribution in [1.29, 1.82) is 0 Å². The highest BCUT2D eigenvalue weighted by Gasteiger charge is 2.05. The average molecular weight is 315 g/mol. The zero-order valence-electron chi connectivity index (χ0n) is 12.8. The van der Waals surface area contributed by atoms with Crippen LogP contribution in [0.5, 0.6) is 5.75 Å². The molecule has 3 nitrogen and oxygen atoms in total. The summed E-state index contributed by atoms with van der Waals surface area (Å²) in [7, 11) is 0. The minimum absolute atomic E-state index is 0.665. The molecule has 1 heterocycles. The van der Waals surface area contributed by atoms with Crippen molar-refractivity contribution in [2.75, 3.05) is 6.61 Å². The van der Waals surface area contributed by atoms with Crippen molar-refractivity contribution >= 4 is 22.6 Å². The van der Waals surface area contributed by atoms with Crippen LogP contribution in [0.15, 0.2) is 36.4 Å². The number of nitrogens with zero attached hydrogens (tertiary/aromatic N) is 1. The molecule has 0 radical (unpaired) electrons. The number of ether oxygens (including phenoxy) is 1. The number of H-pyrrole nitrogens is 1. The molecular weight excluding hydrogens is 296 g/mol. The van der Waals surface area contributed by atoms with Gasteiger partial charge in [-0.05, 0) is 55.7 Å². The van der Waals surface area contributed by atoms with E-state index in [0.717, 1.165) is 46.0 Å². The lowest BCUT2D eigenvalue weighted by Gasteiger charge is -2.08. The van der Waals surface area contributed by atoms with Gasteiger partial charge in [0.2, 0.25) is 0 Å². The number of rotatable bonds is 5. The predicted octanol–water partition coefficient (Wildman–Crippen LogP) is 4.84. The van der Waals surface area contributed by atoms with E-state index < -0.39 is 0 Å². The van der Waals surface area contributed by atoms with Gasteiger partial charge in [0.05, 0.1) is 17.6 Å². The average Bonchev–Trinajstić information content (AvgIpc) is 2.90. The van der Waals surface area contributed by atoms with Crippen LogP contribution in [-0.4, -0.2) is 16.6 Å². The number of aryl methyl sites for hydroxylation is 3. The zero-order valence-corrected chi connectivity index (χ0v) is 13.6. The lowest BCUT2D eigenvalue weighted by atomic mass is 10.2. The monoisotopic (exact) mass is 314 g/mol. The summed E-state index contributed by atoms with van der Waals surface area (Å²) in [6, 6.07) is 11.9. The molecule has 3 aromatic rings. The van der Waals surface area contributed by atoms with Gasteiger partial charge in [-0.2, -0.15) is 0 Å². The Morgan fingerprint density at radius 1 is 1.14 bits per heavy atom. The first kappa shape index (κ1) is 14.9. The first-order valence-electron chi connectivity index (χ1n) is 7.46. The summed E-state index contributed by atoms with van der Waals surface area (Å²) < 4.78 is 5.81. The summed E-state index contributed by atoms with van der Waals surface area (Å²) in [5.41, 5.74) is 4.43. The van der Waals surface area contributed by atoms with E-state index in [-0.39, 0.29) is 0 Å². The number of para-hydroxylation sites is 1. The minimum Gasteiger partial charge on any atom is -0.493 e. The fourth-order valence-electron chi connectivity index (χ4n) is 2.54. The number of nitrogens with one attached hydrogen (secondary N) is 1. The summed E-state index contributed by atoms with van der Waals surface area (Å²) >= 11 is 5.94. The van der Waals surface area contributed by atoms with E-state index in [1.54, 1.807) is 0 Å². The number of imidazole rings is 1. The molecule has 1 aromatic heterocycles. The van der Waals surface area contributed by atoms with Crippen LogP contribution in [0.25, 0.3) is 11.0 Å². The lowest BCUT2D eigenvalue weighted by Crippen LogP contribution is -2.01. The molecular formula is C18H19ClN2O. The van der Waals surface area contributed by atoms with Gasteiger partial charge in [-0.15, -0.1) is 0 Å². The van der Waals surface area contributed by atoms with E-state index in [2.05, 4.69) is 29.0 Å². The largest absolute Gasteiger partial charge is 0.493 e. The van der Waals surface area contributed by atoms with Crippen LogP contribution in [0.1, 0.15) is 23.4 Å². The standard InChI is InChI=1S/C18H19ClN2O/c1-12-5-3-6-15-18(12)21-17(20-15)7-4-10-22-16-9-8-14(19)11-13(16)2/h3,5-6,8-9,11H,4,7,10H2,1-2H3,(H,20,21). The van der Waals surface area contributed by atoms with Crippen molar-refractivity contribution in [3.63, 3.8) is 0 Å². The molecule has 0 saturated heterocycles. The topological polar surface area (TPSA) is 37.9 Å². The second kappa shape index (κ2) is 6.41. The number of benzene rings is 2. The van der Waals surface area contributed by atoms with Gasteiger partial charge in [0.15, 0.2) is 0 Å². The maximum atomic E-state index is 5.94. The Bertz CT molecular complexity index is 795. The van der Waals surface area contributed by atoms with E-state index in [4.69, 9.17) is 16.3 Å². The Balaban J connectivity index is 1.57. The highest BCUT2D eigenvalue weighted by atomic mass is 35.5.